The topological polar surface area (TPSA) is 20.2 Å². The Morgan fingerprint density at radius 3 is 1.89 bits per heavy atom. The van der Waals surface area contributed by atoms with Crippen molar-refractivity contribution in [3.05, 3.63) is 11.8 Å². The first-order valence-electron chi connectivity index (χ1n) is 3.54. The van der Waals surface area contributed by atoms with Crippen molar-refractivity contribution in [1.29, 1.82) is 0 Å². The zero-order valence-corrected chi connectivity index (χ0v) is 7.52. The normalized spacial score (nSPS) is 12.9. The first-order chi connectivity index (χ1) is 4.18. The van der Waals surface area contributed by atoms with Gasteiger partial charge in [-0.05, 0) is 19.0 Å². The van der Waals surface area contributed by atoms with Crippen LogP contribution < -0.4 is 0 Å². The molecule has 9 heavy (non-hydrogen) atoms. The van der Waals surface area contributed by atoms with E-state index in [2.05, 4.69) is 13.8 Å². The summed E-state index contributed by atoms with van der Waals surface area (Å²) in [5.41, 5.74) is 1.99. The molecule has 0 fully saturated rings. The van der Waals surface area contributed by atoms with Gasteiger partial charge < -0.3 is 4.80 Å². The SMILES string of the molecule is C/C=C\[Si](O)(CC)CC. The minimum Gasteiger partial charge on any atom is -0.428 e. The lowest BCUT2D eigenvalue weighted by atomic mass is 10.8. The molecule has 0 bridgehead atoms. The second-order valence-electron chi connectivity index (χ2n) is 2.31. The quantitative estimate of drug-likeness (QED) is 0.601. The molecular weight excluding hydrogens is 128 g/mol. The molecule has 0 rings (SSSR count). The van der Waals surface area contributed by atoms with Crippen LogP contribution in [0.3, 0.4) is 0 Å². The molecule has 0 amide bonds. The van der Waals surface area contributed by atoms with Crippen LogP contribution in [-0.4, -0.2) is 13.1 Å². The Labute approximate surface area is 58.5 Å². The summed E-state index contributed by atoms with van der Waals surface area (Å²) < 4.78 is 0. The molecule has 0 heterocycles. The van der Waals surface area contributed by atoms with Gasteiger partial charge in [0.05, 0.1) is 0 Å². The third kappa shape index (κ3) is 2.82. The summed E-state index contributed by atoms with van der Waals surface area (Å²) in [4.78, 5) is 9.68. The molecule has 0 radical (unpaired) electrons. The van der Waals surface area contributed by atoms with Gasteiger partial charge in [-0.3, -0.25) is 0 Å². The van der Waals surface area contributed by atoms with Crippen LogP contribution in [0.5, 0.6) is 0 Å². The molecular formula is C7H16OSi. The van der Waals surface area contributed by atoms with Crippen LogP contribution in [0.4, 0.5) is 0 Å². The molecule has 1 N–H and O–H groups in total. The second kappa shape index (κ2) is 3.85. The third-order valence-electron chi connectivity index (χ3n) is 1.70. The molecule has 0 saturated heterocycles. The molecule has 2 heteroatoms. The van der Waals surface area contributed by atoms with E-state index < -0.39 is 8.32 Å². The number of rotatable bonds is 3. The highest BCUT2D eigenvalue weighted by molar-refractivity contribution is 6.77. The Bertz CT molecular complexity index is 95.1. The number of allylic oxidation sites excluding steroid dienone is 1. The highest BCUT2D eigenvalue weighted by atomic mass is 28.4. The summed E-state index contributed by atoms with van der Waals surface area (Å²) in [6.45, 7) is 6.06. The number of hydrogen-bond acceptors (Lipinski definition) is 1. The van der Waals surface area contributed by atoms with Crippen molar-refractivity contribution in [1.82, 2.24) is 0 Å². The maximum Gasteiger partial charge on any atom is 0.212 e. The van der Waals surface area contributed by atoms with Crippen molar-refractivity contribution < 1.29 is 4.80 Å². The molecule has 0 spiro atoms. The van der Waals surface area contributed by atoms with Crippen LogP contribution in [0.15, 0.2) is 11.8 Å². The molecule has 0 aliphatic carbocycles. The van der Waals surface area contributed by atoms with Gasteiger partial charge in [-0.1, -0.05) is 25.6 Å². The highest BCUT2D eigenvalue weighted by Gasteiger charge is 2.21. The maximum atomic E-state index is 9.68. The fourth-order valence-corrected chi connectivity index (χ4v) is 2.39. The van der Waals surface area contributed by atoms with E-state index in [9.17, 15) is 4.80 Å². The smallest absolute Gasteiger partial charge is 0.212 e. The summed E-state index contributed by atoms with van der Waals surface area (Å²) >= 11 is 0. The Morgan fingerprint density at radius 2 is 1.78 bits per heavy atom. The molecule has 0 aliphatic rings. The summed E-state index contributed by atoms with van der Waals surface area (Å²) in [5.74, 6) is 0. The zero-order chi connectivity index (χ0) is 7.33. The van der Waals surface area contributed by atoms with Crippen LogP contribution in [-0.2, 0) is 0 Å². The average molecular weight is 144 g/mol. The summed E-state index contributed by atoms with van der Waals surface area (Å²) in [6, 6.07) is 1.88. The minimum atomic E-state index is -1.88. The van der Waals surface area contributed by atoms with Gasteiger partial charge in [-0.15, -0.1) is 0 Å². The van der Waals surface area contributed by atoms with E-state index in [0.717, 1.165) is 12.1 Å². The maximum absolute atomic E-state index is 9.68. The average Bonchev–Trinajstić information content (AvgIpc) is 1.89. The molecule has 1 nitrogen and oxygen atoms in total. The van der Waals surface area contributed by atoms with Crippen LogP contribution in [0.1, 0.15) is 20.8 Å². The van der Waals surface area contributed by atoms with Crippen LogP contribution in [0.2, 0.25) is 12.1 Å². The van der Waals surface area contributed by atoms with Crippen molar-refractivity contribution >= 4 is 8.32 Å². The first kappa shape index (κ1) is 8.92. The standard InChI is InChI=1S/C7H16OSi/c1-4-7-9(8,5-2)6-3/h4,7-8H,5-6H2,1-3H3/b7-4-. The molecule has 0 aliphatic heterocycles. The van der Waals surface area contributed by atoms with Crippen molar-refractivity contribution in [3.8, 4) is 0 Å². The van der Waals surface area contributed by atoms with Gasteiger partial charge in [0.2, 0.25) is 8.32 Å². The Morgan fingerprint density at radius 1 is 1.33 bits per heavy atom. The molecule has 0 aromatic rings. The van der Waals surface area contributed by atoms with Crippen molar-refractivity contribution in [2.24, 2.45) is 0 Å². The van der Waals surface area contributed by atoms with Crippen molar-refractivity contribution in [3.63, 3.8) is 0 Å². The summed E-state index contributed by atoms with van der Waals surface area (Å²) in [5, 5.41) is 0. The molecule has 54 valence electrons. The molecule has 0 unspecified atom stereocenters. The van der Waals surface area contributed by atoms with E-state index in [0.29, 0.717) is 0 Å². The third-order valence-corrected chi connectivity index (χ3v) is 5.10. The van der Waals surface area contributed by atoms with Gasteiger partial charge in [-0.2, -0.15) is 0 Å². The van der Waals surface area contributed by atoms with E-state index in [4.69, 9.17) is 0 Å². The Balaban J connectivity index is 3.92. The monoisotopic (exact) mass is 144 g/mol. The van der Waals surface area contributed by atoms with E-state index in [1.807, 2.05) is 18.7 Å². The lowest BCUT2D eigenvalue weighted by Crippen LogP contribution is -2.29. The summed E-state index contributed by atoms with van der Waals surface area (Å²) in [6.07, 6.45) is 1.96. The minimum absolute atomic E-state index is 0.938. The van der Waals surface area contributed by atoms with E-state index in [1.54, 1.807) is 0 Å². The highest BCUT2D eigenvalue weighted by Crippen LogP contribution is 2.11. The summed E-state index contributed by atoms with van der Waals surface area (Å²) in [7, 11) is -1.88. The first-order valence-corrected chi connectivity index (χ1v) is 5.98. The number of hydrogen-bond donors (Lipinski definition) is 1. The van der Waals surface area contributed by atoms with Crippen molar-refractivity contribution in [2.75, 3.05) is 0 Å². The lowest BCUT2D eigenvalue weighted by molar-refractivity contribution is 0.548. The van der Waals surface area contributed by atoms with Gasteiger partial charge in [0, 0.05) is 0 Å². The van der Waals surface area contributed by atoms with E-state index in [1.165, 1.54) is 0 Å². The lowest BCUT2D eigenvalue weighted by Gasteiger charge is -2.15. The molecule has 0 saturated carbocycles. The van der Waals surface area contributed by atoms with Gasteiger partial charge in [0.1, 0.15) is 0 Å². The van der Waals surface area contributed by atoms with E-state index >= 15 is 0 Å². The fraction of sp³-hybridized carbons (Fsp3) is 0.714. The second-order valence-corrected chi connectivity index (χ2v) is 6.27. The van der Waals surface area contributed by atoms with Crippen molar-refractivity contribution in [2.45, 2.75) is 32.9 Å². The Kier molecular flexibility index (Phi) is 3.82. The van der Waals surface area contributed by atoms with Crippen LogP contribution in [0, 0.1) is 0 Å². The molecule has 0 aromatic heterocycles. The van der Waals surface area contributed by atoms with E-state index in [-0.39, 0.29) is 0 Å². The van der Waals surface area contributed by atoms with Gasteiger partial charge in [0.25, 0.3) is 0 Å². The zero-order valence-electron chi connectivity index (χ0n) is 6.52. The molecule has 0 aromatic carbocycles. The van der Waals surface area contributed by atoms with Crippen LogP contribution >= 0.6 is 0 Å². The fourth-order valence-electron chi connectivity index (χ4n) is 0.796. The van der Waals surface area contributed by atoms with Gasteiger partial charge in [0.15, 0.2) is 0 Å². The predicted octanol–water partition coefficient (Wildman–Crippen LogP) is 2.08. The predicted molar refractivity (Wildman–Crippen MR) is 43.7 cm³/mol. The largest absolute Gasteiger partial charge is 0.428 e. The Hall–Kier alpha value is -0.0831. The van der Waals surface area contributed by atoms with Gasteiger partial charge in [-0.25, -0.2) is 0 Å². The van der Waals surface area contributed by atoms with Gasteiger partial charge >= 0.3 is 0 Å². The van der Waals surface area contributed by atoms with Crippen LogP contribution in [0.25, 0.3) is 0 Å². The molecule has 0 atom stereocenters.